The molecule has 5 heteroatoms. The van der Waals surface area contributed by atoms with Gasteiger partial charge in [0.15, 0.2) is 0 Å². The van der Waals surface area contributed by atoms with Crippen molar-refractivity contribution in [2.75, 3.05) is 7.11 Å². The predicted molar refractivity (Wildman–Crippen MR) is 61.1 cm³/mol. The molecule has 1 heterocycles. The van der Waals surface area contributed by atoms with E-state index in [9.17, 15) is 9.59 Å². The lowest BCUT2D eigenvalue weighted by molar-refractivity contribution is 0.416. The highest BCUT2D eigenvalue weighted by Crippen LogP contribution is 2.21. The SMILES string of the molecule is CCn1c(=O)[nH]c(=O)c2cccc(OC)c21. The number of fused-ring (bicyclic) bond motifs is 1. The summed E-state index contributed by atoms with van der Waals surface area (Å²) >= 11 is 0. The van der Waals surface area contributed by atoms with Gasteiger partial charge in [-0.2, -0.15) is 0 Å². The summed E-state index contributed by atoms with van der Waals surface area (Å²) in [4.78, 5) is 25.5. The molecule has 0 fully saturated rings. The van der Waals surface area contributed by atoms with E-state index in [0.717, 1.165) is 0 Å². The second-order valence-electron chi connectivity index (χ2n) is 3.36. The molecule has 2 aromatic rings. The van der Waals surface area contributed by atoms with E-state index >= 15 is 0 Å². The average molecular weight is 220 g/mol. The maximum atomic E-state index is 11.6. The number of nitrogens with one attached hydrogen (secondary N) is 1. The van der Waals surface area contributed by atoms with Gasteiger partial charge >= 0.3 is 5.69 Å². The number of aryl methyl sites for hydroxylation is 1. The molecule has 0 saturated carbocycles. The summed E-state index contributed by atoms with van der Waals surface area (Å²) in [6.45, 7) is 2.32. The first-order chi connectivity index (χ1) is 7.69. The summed E-state index contributed by atoms with van der Waals surface area (Å²) in [7, 11) is 1.51. The molecule has 0 amide bonds. The molecule has 0 unspecified atom stereocenters. The largest absolute Gasteiger partial charge is 0.495 e. The Morgan fingerprint density at radius 1 is 1.38 bits per heavy atom. The van der Waals surface area contributed by atoms with Crippen LogP contribution in [0.4, 0.5) is 0 Å². The van der Waals surface area contributed by atoms with Crippen molar-refractivity contribution in [2.24, 2.45) is 0 Å². The van der Waals surface area contributed by atoms with Crippen molar-refractivity contribution in [1.82, 2.24) is 9.55 Å². The highest BCUT2D eigenvalue weighted by Gasteiger charge is 2.10. The summed E-state index contributed by atoms with van der Waals surface area (Å²) in [5.41, 5.74) is -0.255. The zero-order valence-electron chi connectivity index (χ0n) is 9.11. The van der Waals surface area contributed by atoms with Crippen LogP contribution >= 0.6 is 0 Å². The molecule has 0 aliphatic carbocycles. The second kappa shape index (κ2) is 3.84. The van der Waals surface area contributed by atoms with Crippen molar-refractivity contribution in [3.05, 3.63) is 39.0 Å². The lowest BCUT2D eigenvalue weighted by Gasteiger charge is -2.10. The zero-order valence-corrected chi connectivity index (χ0v) is 9.11. The fourth-order valence-corrected chi connectivity index (χ4v) is 1.78. The molecule has 0 atom stereocenters. The van der Waals surface area contributed by atoms with Crippen LogP contribution in [0.5, 0.6) is 5.75 Å². The summed E-state index contributed by atoms with van der Waals surface area (Å²) < 4.78 is 6.65. The van der Waals surface area contributed by atoms with Crippen LogP contribution in [0.25, 0.3) is 10.9 Å². The maximum absolute atomic E-state index is 11.6. The zero-order chi connectivity index (χ0) is 11.7. The van der Waals surface area contributed by atoms with E-state index < -0.39 is 5.69 Å². The molecular formula is C11H12N2O3. The van der Waals surface area contributed by atoms with Crippen molar-refractivity contribution in [3.63, 3.8) is 0 Å². The quantitative estimate of drug-likeness (QED) is 0.811. The number of nitrogens with zero attached hydrogens (tertiary/aromatic N) is 1. The highest BCUT2D eigenvalue weighted by atomic mass is 16.5. The first-order valence-electron chi connectivity index (χ1n) is 4.99. The number of hydrogen-bond donors (Lipinski definition) is 1. The molecule has 0 radical (unpaired) electrons. The number of ether oxygens (including phenoxy) is 1. The highest BCUT2D eigenvalue weighted by molar-refractivity contribution is 5.84. The van der Waals surface area contributed by atoms with Gasteiger partial charge in [0.2, 0.25) is 0 Å². The fourth-order valence-electron chi connectivity index (χ4n) is 1.78. The Balaban J connectivity index is 3.07. The lowest BCUT2D eigenvalue weighted by atomic mass is 10.2. The Bertz CT molecular complexity index is 640. The molecule has 0 spiro atoms. The van der Waals surface area contributed by atoms with E-state index in [4.69, 9.17) is 4.74 Å². The first kappa shape index (κ1) is 10.5. The number of hydrogen-bond acceptors (Lipinski definition) is 3. The van der Waals surface area contributed by atoms with Crippen molar-refractivity contribution >= 4 is 10.9 Å². The van der Waals surface area contributed by atoms with Crippen LogP contribution < -0.4 is 16.0 Å². The van der Waals surface area contributed by atoms with Crippen LogP contribution in [0.2, 0.25) is 0 Å². The van der Waals surface area contributed by atoms with E-state index in [1.807, 2.05) is 6.92 Å². The average Bonchev–Trinajstić information content (AvgIpc) is 2.29. The van der Waals surface area contributed by atoms with Gasteiger partial charge < -0.3 is 4.74 Å². The van der Waals surface area contributed by atoms with Crippen LogP contribution in [0.3, 0.4) is 0 Å². The van der Waals surface area contributed by atoms with Gasteiger partial charge in [-0.15, -0.1) is 0 Å². The third-order valence-electron chi connectivity index (χ3n) is 2.52. The number of rotatable bonds is 2. The number of aromatic amines is 1. The molecule has 16 heavy (non-hydrogen) atoms. The molecule has 0 aliphatic heterocycles. The number of para-hydroxylation sites is 1. The molecule has 0 bridgehead atoms. The number of methoxy groups -OCH3 is 1. The molecule has 5 nitrogen and oxygen atoms in total. The normalized spacial score (nSPS) is 10.6. The predicted octanol–water partition coefficient (Wildman–Crippen LogP) is 0.718. The monoisotopic (exact) mass is 220 g/mol. The minimum absolute atomic E-state index is 0.386. The molecule has 2 rings (SSSR count). The molecular weight excluding hydrogens is 208 g/mol. The van der Waals surface area contributed by atoms with Crippen LogP contribution in [0, 0.1) is 0 Å². The van der Waals surface area contributed by atoms with Gasteiger partial charge in [-0.3, -0.25) is 14.3 Å². The molecule has 1 N–H and O–H groups in total. The third-order valence-corrected chi connectivity index (χ3v) is 2.52. The topological polar surface area (TPSA) is 64.1 Å². The summed E-state index contributed by atoms with van der Waals surface area (Å²) in [5.74, 6) is 0.530. The smallest absolute Gasteiger partial charge is 0.328 e. The van der Waals surface area contributed by atoms with Crippen molar-refractivity contribution in [2.45, 2.75) is 13.5 Å². The van der Waals surface area contributed by atoms with Crippen LogP contribution in [-0.4, -0.2) is 16.7 Å². The Labute approximate surface area is 91.3 Å². The van der Waals surface area contributed by atoms with Crippen LogP contribution in [0.15, 0.2) is 27.8 Å². The van der Waals surface area contributed by atoms with Gasteiger partial charge in [-0.1, -0.05) is 6.07 Å². The third kappa shape index (κ3) is 1.41. The molecule has 1 aromatic carbocycles. The van der Waals surface area contributed by atoms with Crippen molar-refractivity contribution in [1.29, 1.82) is 0 Å². The Morgan fingerprint density at radius 2 is 2.12 bits per heavy atom. The van der Waals surface area contributed by atoms with Gasteiger partial charge in [-0.05, 0) is 19.1 Å². The van der Waals surface area contributed by atoms with E-state index in [1.54, 1.807) is 18.2 Å². The van der Waals surface area contributed by atoms with E-state index in [1.165, 1.54) is 11.7 Å². The Kier molecular flexibility index (Phi) is 2.52. The minimum Gasteiger partial charge on any atom is -0.495 e. The summed E-state index contributed by atoms with van der Waals surface area (Å²) in [6, 6.07) is 5.12. The van der Waals surface area contributed by atoms with E-state index in [0.29, 0.717) is 23.2 Å². The van der Waals surface area contributed by atoms with Crippen molar-refractivity contribution < 1.29 is 4.74 Å². The Morgan fingerprint density at radius 3 is 2.75 bits per heavy atom. The van der Waals surface area contributed by atoms with Gasteiger partial charge in [0.05, 0.1) is 12.5 Å². The molecule has 0 aliphatic rings. The van der Waals surface area contributed by atoms with Crippen molar-refractivity contribution in [3.8, 4) is 5.75 Å². The minimum atomic E-state index is -0.412. The maximum Gasteiger partial charge on any atom is 0.328 e. The second-order valence-corrected chi connectivity index (χ2v) is 3.36. The molecule has 84 valence electrons. The van der Waals surface area contributed by atoms with Gasteiger partial charge in [0, 0.05) is 6.54 Å². The molecule has 1 aromatic heterocycles. The molecule has 0 saturated heterocycles. The summed E-state index contributed by atoms with van der Waals surface area (Å²) in [5, 5.41) is 0.459. The van der Waals surface area contributed by atoms with Crippen LogP contribution in [0.1, 0.15) is 6.92 Å². The number of H-pyrrole nitrogens is 1. The Hall–Kier alpha value is -2.04. The summed E-state index contributed by atoms with van der Waals surface area (Å²) in [6.07, 6.45) is 0. The van der Waals surface area contributed by atoms with E-state index in [-0.39, 0.29) is 5.56 Å². The van der Waals surface area contributed by atoms with Crippen LogP contribution in [-0.2, 0) is 6.54 Å². The van der Waals surface area contributed by atoms with Gasteiger partial charge in [0.1, 0.15) is 11.3 Å². The standard InChI is InChI=1S/C11H12N2O3/c1-3-13-9-7(10(14)12-11(13)15)5-4-6-8(9)16-2/h4-6H,3H2,1-2H3,(H,12,14,15). The number of aromatic nitrogens is 2. The van der Waals surface area contributed by atoms with Gasteiger partial charge in [-0.25, -0.2) is 4.79 Å². The van der Waals surface area contributed by atoms with Gasteiger partial charge in [0.25, 0.3) is 5.56 Å². The van der Waals surface area contributed by atoms with E-state index in [2.05, 4.69) is 4.98 Å². The number of benzene rings is 1. The fraction of sp³-hybridized carbons (Fsp3) is 0.273. The first-order valence-corrected chi connectivity index (χ1v) is 4.99. The lowest BCUT2D eigenvalue weighted by Crippen LogP contribution is -2.30.